The maximum absolute atomic E-state index is 12.2. The highest BCUT2D eigenvalue weighted by atomic mass is 79.9. The maximum Gasteiger partial charge on any atom is 0.272 e. The van der Waals surface area contributed by atoms with E-state index in [1.165, 1.54) is 6.21 Å². The Hall–Kier alpha value is -2.54. The van der Waals surface area contributed by atoms with Crippen LogP contribution in [-0.2, 0) is 0 Å². The number of hydrogen-bond donors (Lipinski definition) is 1. The van der Waals surface area contributed by atoms with Crippen LogP contribution in [0.25, 0.3) is 0 Å². The average Bonchev–Trinajstić information content (AvgIpc) is 2.62. The van der Waals surface area contributed by atoms with E-state index in [0.29, 0.717) is 32.8 Å². The second kappa shape index (κ2) is 8.35. The summed E-state index contributed by atoms with van der Waals surface area (Å²) in [4.78, 5) is 12.2. The summed E-state index contributed by atoms with van der Waals surface area (Å²) in [6, 6.07) is 10.4. The molecule has 0 aliphatic heterocycles. The molecule has 0 heterocycles. The molecule has 2 aromatic rings. The molecule has 0 spiro atoms. The molecule has 1 N–H and O–H groups in total. The number of amides is 1. The summed E-state index contributed by atoms with van der Waals surface area (Å²) in [7, 11) is 4.67. The second-order valence-electron chi connectivity index (χ2n) is 4.65. The Kier molecular flexibility index (Phi) is 6.20. The van der Waals surface area contributed by atoms with Crippen LogP contribution in [0.15, 0.2) is 46.0 Å². The van der Waals surface area contributed by atoms with Gasteiger partial charge in [0.05, 0.1) is 33.1 Å². The lowest BCUT2D eigenvalue weighted by atomic mass is 10.2. The lowest BCUT2D eigenvalue weighted by Gasteiger charge is -2.07. The zero-order chi connectivity index (χ0) is 17.5. The summed E-state index contributed by atoms with van der Waals surface area (Å²) in [5.41, 5.74) is 3.61. The van der Waals surface area contributed by atoms with Gasteiger partial charge in [-0.3, -0.25) is 4.79 Å². The van der Waals surface area contributed by atoms with Gasteiger partial charge in [0.2, 0.25) is 0 Å². The zero-order valence-electron chi connectivity index (χ0n) is 13.5. The number of carbonyl (C=O) groups is 1. The van der Waals surface area contributed by atoms with Gasteiger partial charge in [-0.15, -0.1) is 0 Å². The van der Waals surface area contributed by atoms with Crippen LogP contribution in [0.1, 0.15) is 15.9 Å². The van der Waals surface area contributed by atoms with Crippen LogP contribution in [0.4, 0.5) is 0 Å². The van der Waals surface area contributed by atoms with E-state index in [0.717, 1.165) is 0 Å². The first-order valence-electron chi connectivity index (χ1n) is 6.98. The van der Waals surface area contributed by atoms with Crippen LogP contribution in [0, 0.1) is 0 Å². The number of benzene rings is 2. The standard InChI is InChI=1S/C17H17BrN2O4/c1-22-12-6-7-15(18)14(8-12)17(21)20-19-10-11-4-5-13(23-2)9-16(11)24-3/h4-10H,1-3H3,(H,20,21)/b19-10-. The van der Waals surface area contributed by atoms with Gasteiger partial charge < -0.3 is 14.2 Å². The fraction of sp³-hybridized carbons (Fsp3) is 0.176. The highest BCUT2D eigenvalue weighted by Crippen LogP contribution is 2.24. The van der Waals surface area contributed by atoms with Crippen molar-refractivity contribution in [2.24, 2.45) is 5.10 Å². The van der Waals surface area contributed by atoms with E-state index in [4.69, 9.17) is 14.2 Å². The predicted octanol–water partition coefficient (Wildman–Crippen LogP) is 3.24. The quantitative estimate of drug-likeness (QED) is 0.605. The first-order chi connectivity index (χ1) is 11.6. The third-order valence-corrected chi connectivity index (χ3v) is 3.92. The van der Waals surface area contributed by atoms with Gasteiger partial charge in [0.15, 0.2) is 0 Å². The minimum Gasteiger partial charge on any atom is -0.497 e. The third kappa shape index (κ3) is 4.26. The first kappa shape index (κ1) is 17.8. The number of rotatable bonds is 6. The van der Waals surface area contributed by atoms with E-state index >= 15 is 0 Å². The predicted molar refractivity (Wildman–Crippen MR) is 95.3 cm³/mol. The Bertz CT molecular complexity index is 762. The molecule has 2 rings (SSSR count). The lowest BCUT2D eigenvalue weighted by molar-refractivity contribution is 0.0954. The first-order valence-corrected chi connectivity index (χ1v) is 7.77. The number of methoxy groups -OCH3 is 3. The number of nitrogens with one attached hydrogen (secondary N) is 1. The summed E-state index contributed by atoms with van der Waals surface area (Å²) in [6.07, 6.45) is 1.50. The van der Waals surface area contributed by atoms with Crippen molar-refractivity contribution in [1.29, 1.82) is 0 Å². The lowest BCUT2D eigenvalue weighted by Crippen LogP contribution is -2.18. The molecular formula is C17H17BrN2O4. The molecule has 7 heteroatoms. The highest BCUT2D eigenvalue weighted by molar-refractivity contribution is 9.10. The molecule has 24 heavy (non-hydrogen) atoms. The smallest absolute Gasteiger partial charge is 0.272 e. The van der Waals surface area contributed by atoms with Crippen LogP contribution in [-0.4, -0.2) is 33.5 Å². The molecule has 0 bridgehead atoms. The topological polar surface area (TPSA) is 69.2 Å². The van der Waals surface area contributed by atoms with Crippen molar-refractivity contribution in [3.8, 4) is 17.2 Å². The van der Waals surface area contributed by atoms with E-state index < -0.39 is 0 Å². The molecule has 0 atom stereocenters. The Balaban J connectivity index is 2.13. The summed E-state index contributed by atoms with van der Waals surface area (Å²) < 4.78 is 16.2. The van der Waals surface area contributed by atoms with Crippen molar-refractivity contribution in [3.05, 3.63) is 52.0 Å². The van der Waals surface area contributed by atoms with Gasteiger partial charge in [0.1, 0.15) is 17.2 Å². The number of hydrazone groups is 1. The molecule has 0 fully saturated rings. The molecular weight excluding hydrogens is 376 g/mol. The molecule has 0 saturated heterocycles. The molecule has 0 radical (unpaired) electrons. The summed E-state index contributed by atoms with van der Waals surface area (Å²) in [5, 5.41) is 3.97. The Morgan fingerprint density at radius 3 is 2.38 bits per heavy atom. The van der Waals surface area contributed by atoms with Crippen molar-refractivity contribution in [3.63, 3.8) is 0 Å². The molecule has 0 aromatic heterocycles. The molecule has 126 valence electrons. The fourth-order valence-electron chi connectivity index (χ4n) is 1.95. The van der Waals surface area contributed by atoms with Gasteiger partial charge in [-0.1, -0.05) is 0 Å². The largest absolute Gasteiger partial charge is 0.497 e. The van der Waals surface area contributed by atoms with Gasteiger partial charge in [-0.05, 0) is 46.3 Å². The van der Waals surface area contributed by atoms with Gasteiger partial charge in [-0.25, -0.2) is 5.43 Å². The molecule has 0 unspecified atom stereocenters. The number of hydrogen-bond acceptors (Lipinski definition) is 5. The normalized spacial score (nSPS) is 10.5. The van der Waals surface area contributed by atoms with Crippen LogP contribution in [0.2, 0.25) is 0 Å². The monoisotopic (exact) mass is 392 g/mol. The minimum atomic E-state index is -0.357. The number of nitrogens with zero attached hydrogens (tertiary/aromatic N) is 1. The van der Waals surface area contributed by atoms with Crippen LogP contribution >= 0.6 is 15.9 Å². The van der Waals surface area contributed by atoms with Crippen LogP contribution in [0.5, 0.6) is 17.2 Å². The molecule has 1 amide bonds. The molecule has 0 aliphatic rings. The van der Waals surface area contributed by atoms with Crippen molar-refractivity contribution in [2.75, 3.05) is 21.3 Å². The average molecular weight is 393 g/mol. The highest BCUT2D eigenvalue weighted by Gasteiger charge is 2.10. The van der Waals surface area contributed by atoms with Crippen molar-refractivity contribution < 1.29 is 19.0 Å². The second-order valence-corrected chi connectivity index (χ2v) is 5.51. The van der Waals surface area contributed by atoms with E-state index in [-0.39, 0.29) is 5.91 Å². The Labute approximate surface area is 148 Å². The molecule has 6 nitrogen and oxygen atoms in total. The number of ether oxygens (including phenoxy) is 3. The van der Waals surface area contributed by atoms with E-state index in [1.54, 1.807) is 57.7 Å². The SMILES string of the molecule is COc1ccc(/C=N\NC(=O)c2cc(OC)ccc2Br)c(OC)c1. The zero-order valence-corrected chi connectivity index (χ0v) is 15.1. The number of carbonyl (C=O) groups excluding carboxylic acids is 1. The van der Waals surface area contributed by atoms with Gasteiger partial charge >= 0.3 is 0 Å². The van der Waals surface area contributed by atoms with Gasteiger partial charge in [0, 0.05) is 16.1 Å². The van der Waals surface area contributed by atoms with Crippen molar-refractivity contribution >= 4 is 28.1 Å². The Morgan fingerprint density at radius 2 is 1.71 bits per heavy atom. The van der Waals surface area contributed by atoms with Crippen molar-refractivity contribution in [1.82, 2.24) is 5.43 Å². The summed E-state index contributed by atoms with van der Waals surface area (Å²) >= 11 is 3.33. The van der Waals surface area contributed by atoms with Gasteiger partial charge in [-0.2, -0.15) is 5.10 Å². The van der Waals surface area contributed by atoms with E-state index in [1.807, 2.05) is 0 Å². The maximum atomic E-state index is 12.2. The number of halogens is 1. The molecule has 0 aliphatic carbocycles. The van der Waals surface area contributed by atoms with E-state index in [9.17, 15) is 4.79 Å². The van der Waals surface area contributed by atoms with Crippen LogP contribution < -0.4 is 19.6 Å². The summed E-state index contributed by atoms with van der Waals surface area (Å²) in [6.45, 7) is 0. The van der Waals surface area contributed by atoms with E-state index in [2.05, 4.69) is 26.5 Å². The molecule has 2 aromatic carbocycles. The fourth-order valence-corrected chi connectivity index (χ4v) is 2.38. The van der Waals surface area contributed by atoms with Crippen molar-refractivity contribution in [2.45, 2.75) is 0 Å². The third-order valence-electron chi connectivity index (χ3n) is 3.23. The Morgan fingerprint density at radius 1 is 1.04 bits per heavy atom. The molecule has 0 saturated carbocycles. The minimum absolute atomic E-state index is 0.357. The van der Waals surface area contributed by atoms with Crippen LogP contribution in [0.3, 0.4) is 0 Å². The summed E-state index contributed by atoms with van der Waals surface area (Å²) in [5.74, 6) is 1.50. The van der Waals surface area contributed by atoms with Gasteiger partial charge in [0.25, 0.3) is 5.91 Å².